The quantitative estimate of drug-likeness (QED) is 0.342. The van der Waals surface area contributed by atoms with E-state index in [4.69, 9.17) is 4.52 Å². The Balaban J connectivity index is 0.00000341. The number of benzene rings is 1. The zero-order valence-corrected chi connectivity index (χ0v) is 21.0. The summed E-state index contributed by atoms with van der Waals surface area (Å²) in [6.45, 7) is 11.0. The molecule has 2 aromatic rings. The predicted molar refractivity (Wildman–Crippen MR) is 133 cm³/mol. The lowest BCUT2D eigenvalue weighted by Crippen LogP contribution is -2.51. The van der Waals surface area contributed by atoms with Crippen LogP contribution in [0.3, 0.4) is 0 Å². The van der Waals surface area contributed by atoms with Crippen LogP contribution in [-0.2, 0) is 12.0 Å². The zero-order valence-electron chi connectivity index (χ0n) is 18.7. The summed E-state index contributed by atoms with van der Waals surface area (Å²) in [5, 5.41) is 20.3. The molecule has 1 aromatic heterocycles. The van der Waals surface area contributed by atoms with Crippen molar-refractivity contribution in [1.29, 1.82) is 5.26 Å². The highest BCUT2D eigenvalue weighted by atomic mass is 127. The van der Waals surface area contributed by atoms with Gasteiger partial charge in [0.25, 0.3) is 0 Å². The number of aromatic nitrogens is 2. The van der Waals surface area contributed by atoms with Gasteiger partial charge >= 0.3 is 0 Å². The molecule has 9 heteroatoms. The Morgan fingerprint density at radius 1 is 1.35 bits per heavy atom. The Bertz CT molecular complexity index is 913. The number of guanidine groups is 1. The van der Waals surface area contributed by atoms with Crippen molar-refractivity contribution in [3.8, 4) is 6.07 Å². The highest BCUT2D eigenvalue weighted by Gasteiger charge is 2.23. The maximum atomic E-state index is 9.42. The molecule has 168 valence electrons. The van der Waals surface area contributed by atoms with Crippen LogP contribution in [0, 0.1) is 11.3 Å². The van der Waals surface area contributed by atoms with Crippen molar-refractivity contribution in [3.05, 3.63) is 41.5 Å². The van der Waals surface area contributed by atoms with E-state index in [1.54, 1.807) is 0 Å². The van der Waals surface area contributed by atoms with Gasteiger partial charge in [-0.05, 0) is 31.9 Å². The van der Waals surface area contributed by atoms with Crippen molar-refractivity contribution in [2.75, 3.05) is 24.5 Å². The van der Waals surface area contributed by atoms with Gasteiger partial charge in [-0.2, -0.15) is 10.2 Å². The number of hydrogen-bond acceptors (Lipinski definition) is 6. The third-order valence-electron chi connectivity index (χ3n) is 4.96. The second-order valence-electron chi connectivity index (χ2n) is 8.52. The number of para-hydroxylation sites is 1. The Labute approximate surface area is 201 Å². The van der Waals surface area contributed by atoms with Gasteiger partial charge in [-0.15, -0.1) is 24.0 Å². The van der Waals surface area contributed by atoms with Crippen molar-refractivity contribution < 1.29 is 4.52 Å². The predicted octanol–water partition coefficient (Wildman–Crippen LogP) is 3.58. The Morgan fingerprint density at radius 3 is 2.81 bits per heavy atom. The summed E-state index contributed by atoms with van der Waals surface area (Å²) in [4.78, 5) is 11.4. The van der Waals surface area contributed by atoms with Gasteiger partial charge in [-0.25, -0.2) is 4.99 Å². The summed E-state index contributed by atoms with van der Waals surface area (Å²) in [5.41, 5.74) is 1.53. The average Bonchev–Trinajstić information content (AvgIpc) is 3.22. The van der Waals surface area contributed by atoms with Crippen LogP contribution >= 0.6 is 24.0 Å². The van der Waals surface area contributed by atoms with E-state index in [9.17, 15) is 5.26 Å². The molecule has 2 heterocycles. The number of rotatable bonds is 5. The molecule has 1 aromatic carbocycles. The number of nitriles is 1. The fraction of sp³-hybridized carbons (Fsp3) is 0.545. The van der Waals surface area contributed by atoms with Gasteiger partial charge in [0.15, 0.2) is 11.8 Å². The number of anilines is 1. The second-order valence-corrected chi connectivity index (χ2v) is 8.52. The molecular formula is C22H32IN7O. The molecule has 2 N–H and O–H groups in total. The molecule has 0 amide bonds. The lowest BCUT2D eigenvalue weighted by atomic mass is 9.97. The molecule has 0 aliphatic carbocycles. The van der Waals surface area contributed by atoms with Gasteiger partial charge < -0.3 is 20.1 Å². The van der Waals surface area contributed by atoms with Crippen molar-refractivity contribution in [2.45, 2.75) is 58.5 Å². The standard InChI is InChI=1S/C22H31N7O.HI/c1-5-24-21(25-14-19-27-20(30-28-19)22(2,3)4)26-17-10-8-12-29(15-17)18-11-7-6-9-16(18)13-23;/h6-7,9,11,17H,5,8,10,12,14-15H2,1-4H3,(H2,24,25,26);1H. The molecule has 0 bridgehead atoms. The number of halogens is 1. The summed E-state index contributed by atoms with van der Waals surface area (Å²) >= 11 is 0. The number of nitrogens with zero attached hydrogens (tertiary/aromatic N) is 5. The van der Waals surface area contributed by atoms with Crippen LogP contribution < -0.4 is 15.5 Å². The fourth-order valence-electron chi connectivity index (χ4n) is 3.44. The number of nitrogens with one attached hydrogen (secondary N) is 2. The fourth-order valence-corrected chi connectivity index (χ4v) is 3.44. The van der Waals surface area contributed by atoms with Crippen LogP contribution in [0.1, 0.15) is 57.8 Å². The van der Waals surface area contributed by atoms with Crippen LogP contribution in [0.2, 0.25) is 0 Å². The zero-order chi connectivity index (χ0) is 21.6. The third-order valence-corrected chi connectivity index (χ3v) is 4.96. The van der Waals surface area contributed by atoms with Gasteiger partial charge in [-0.1, -0.05) is 38.1 Å². The van der Waals surface area contributed by atoms with Gasteiger partial charge in [0.2, 0.25) is 5.89 Å². The molecule has 31 heavy (non-hydrogen) atoms. The first-order chi connectivity index (χ1) is 14.4. The van der Waals surface area contributed by atoms with E-state index in [-0.39, 0.29) is 35.4 Å². The first-order valence-electron chi connectivity index (χ1n) is 10.5. The molecule has 1 fully saturated rings. The molecule has 0 spiro atoms. The third kappa shape index (κ3) is 6.82. The van der Waals surface area contributed by atoms with Crippen LogP contribution in [0.4, 0.5) is 5.69 Å². The number of aliphatic imine (C=N–C) groups is 1. The minimum atomic E-state index is -0.178. The van der Waals surface area contributed by atoms with E-state index in [0.29, 0.717) is 23.8 Å². The number of piperidine rings is 1. The minimum Gasteiger partial charge on any atom is -0.368 e. The molecule has 0 saturated carbocycles. The van der Waals surface area contributed by atoms with E-state index in [1.807, 2.05) is 52.0 Å². The van der Waals surface area contributed by atoms with E-state index in [0.717, 1.165) is 44.1 Å². The molecule has 1 atom stereocenters. The molecule has 1 saturated heterocycles. The molecule has 1 aliphatic heterocycles. The van der Waals surface area contributed by atoms with Gasteiger partial charge in [0.05, 0.1) is 11.3 Å². The van der Waals surface area contributed by atoms with E-state index in [1.165, 1.54) is 0 Å². The second kappa shape index (κ2) is 11.3. The van der Waals surface area contributed by atoms with E-state index in [2.05, 4.69) is 36.7 Å². The van der Waals surface area contributed by atoms with Crippen LogP contribution in [0.15, 0.2) is 33.8 Å². The summed E-state index contributed by atoms with van der Waals surface area (Å²) < 4.78 is 5.35. The molecule has 1 aliphatic rings. The van der Waals surface area contributed by atoms with Gasteiger partial charge in [0.1, 0.15) is 12.6 Å². The van der Waals surface area contributed by atoms with Gasteiger partial charge in [0, 0.05) is 31.1 Å². The first-order valence-corrected chi connectivity index (χ1v) is 10.5. The summed E-state index contributed by atoms with van der Waals surface area (Å²) in [6, 6.07) is 10.3. The Hall–Kier alpha value is -2.35. The first kappa shape index (κ1) is 24.9. The van der Waals surface area contributed by atoms with Gasteiger partial charge in [-0.3, -0.25) is 0 Å². The lowest BCUT2D eigenvalue weighted by molar-refractivity contribution is 0.318. The summed E-state index contributed by atoms with van der Waals surface area (Å²) in [6.07, 6.45) is 2.10. The maximum Gasteiger partial charge on any atom is 0.232 e. The molecule has 0 radical (unpaired) electrons. The molecular weight excluding hydrogens is 505 g/mol. The van der Waals surface area contributed by atoms with Crippen molar-refractivity contribution >= 4 is 35.6 Å². The van der Waals surface area contributed by atoms with E-state index >= 15 is 0 Å². The molecule has 1 unspecified atom stereocenters. The van der Waals surface area contributed by atoms with Crippen LogP contribution in [0.25, 0.3) is 0 Å². The monoisotopic (exact) mass is 537 g/mol. The summed E-state index contributed by atoms with van der Waals surface area (Å²) in [5.74, 6) is 1.93. The maximum absolute atomic E-state index is 9.42. The van der Waals surface area contributed by atoms with Crippen molar-refractivity contribution in [1.82, 2.24) is 20.8 Å². The largest absolute Gasteiger partial charge is 0.368 e. The SMILES string of the molecule is CCNC(=NCc1noc(C(C)(C)C)n1)NC1CCCN(c2ccccc2C#N)C1.I. The molecule has 8 nitrogen and oxygen atoms in total. The van der Waals surface area contributed by atoms with Crippen molar-refractivity contribution in [2.24, 2.45) is 4.99 Å². The topological polar surface area (TPSA) is 102 Å². The highest BCUT2D eigenvalue weighted by molar-refractivity contribution is 14.0. The normalized spacial score (nSPS) is 16.9. The lowest BCUT2D eigenvalue weighted by Gasteiger charge is -2.35. The Morgan fingerprint density at radius 2 is 2.13 bits per heavy atom. The minimum absolute atomic E-state index is 0. The highest BCUT2D eigenvalue weighted by Crippen LogP contribution is 2.23. The van der Waals surface area contributed by atoms with Crippen LogP contribution in [-0.4, -0.2) is 41.8 Å². The number of hydrogen-bond donors (Lipinski definition) is 2. The van der Waals surface area contributed by atoms with Crippen LogP contribution in [0.5, 0.6) is 0 Å². The van der Waals surface area contributed by atoms with Crippen molar-refractivity contribution in [3.63, 3.8) is 0 Å². The van der Waals surface area contributed by atoms with E-state index < -0.39 is 0 Å². The average molecular weight is 537 g/mol. The summed E-state index contributed by atoms with van der Waals surface area (Å²) in [7, 11) is 0. The Kier molecular flexibility index (Phi) is 9.10. The smallest absolute Gasteiger partial charge is 0.232 e. The molecule has 3 rings (SSSR count).